The summed E-state index contributed by atoms with van der Waals surface area (Å²) >= 11 is 0. The van der Waals surface area contributed by atoms with Crippen molar-refractivity contribution >= 4 is 16.8 Å². The molecule has 1 N–H and O–H groups in total. The average molecular weight is 394 g/mol. The fourth-order valence-electron chi connectivity index (χ4n) is 4.16. The molecule has 4 rings (SSSR count). The largest absolute Gasteiger partial charge is 0.497 e. The summed E-state index contributed by atoms with van der Waals surface area (Å²) in [5, 5.41) is 0.556. The molecular formula is C23H23FN2O3. The van der Waals surface area contributed by atoms with Crippen molar-refractivity contribution in [2.24, 2.45) is 5.92 Å². The quantitative estimate of drug-likeness (QED) is 0.729. The average Bonchev–Trinajstić information content (AvgIpc) is 3.22. The van der Waals surface area contributed by atoms with Crippen molar-refractivity contribution in [1.82, 2.24) is 9.88 Å². The summed E-state index contributed by atoms with van der Waals surface area (Å²) in [4.78, 5) is 29.5. The number of ether oxygens (including phenoxy) is 1. The Labute approximate surface area is 168 Å². The van der Waals surface area contributed by atoms with Gasteiger partial charge in [-0.25, -0.2) is 4.39 Å². The first kappa shape index (κ1) is 19.2. The van der Waals surface area contributed by atoms with E-state index in [0.717, 1.165) is 12.2 Å². The highest BCUT2D eigenvalue weighted by Gasteiger charge is 2.31. The minimum Gasteiger partial charge on any atom is -0.497 e. The van der Waals surface area contributed by atoms with Crippen LogP contribution >= 0.6 is 0 Å². The predicted octanol–water partition coefficient (Wildman–Crippen LogP) is 3.94. The van der Waals surface area contributed by atoms with Crippen LogP contribution in [-0.2, 0) is 0 Å². The van der Waals surface area contributed by atoms with Crippen molar-refractivity contribution in [3.05, 3.63) is 75.8 Å². The number of nitrogens with one attached hydrogen (secondary N) is 1. The third-order valence-electron chi connectivity index (χ3n) is 5.87. The van der Waals surface area contributed by atoms with Crippen LogP contribution in [0.2, 0.25) is 0 Å². The SMILES string of the molecule is COc1cccc(C(C)C2CCN(C(=O)c3cc(=O)[nH]c4cc(F)ccc34)C2)c1. The topological polar surface area (TPSA) is 62.4 Å². The zero-order valence-electron chi connectivity index (χ0n) is 16.4. The van der Waals surface area contributed by atoms with Crippen LogP contribution in [0.25, 0.3) is 10.9 Å². The summed E-state index contributed by atoms with van der Waals surface area (Å²) in [6.45, 7) is 3.42. The molecule has 5 nitrogen and oxygen atoms in total. The highest BCUT2D eigenvalue weighted by atomic mass is 19.1. The van der Waals surface area contributed by atoms with E-state index in [1.165, 1.54) is 23.8 Å². The van der Waals surface area contributed by atoms with Gasteiger partial charge in [-0.3, -0.25) is 9.59 Å². The van der Waals surface area contributed by atoms with Crippen LogP contribution in [0.15, 0.2) is 53.3 Å². The number of hydrogen-bond acceptors (Lipinski definition) is 3. The van der Waals surface area contributed by atoms with Crippen molar-refractivity contribution in [3.63, 3.8) is 0 Å². The molecule has 1 aromatic heterocycles. The van der Waals surface area contributed by atoms with Crippen LogP contribution < -0.4 is 10.3 Å². The van der Waals surface area contributed by atoms with Gasteiger partial charge < -0.3 is 14.6 Å². The van der Waals surface area contributed by atoms with Crippen LogP contribution in [0.1, 0.15) is 35.2 Å². The Kier molecular flexibility index (Phi) is 5.09. The van der Waals surface area contributed by atoms with Crippen molar-refractivity contribution < 1.29 is 13.9 Å². The van der Waals surface area contributed by atoms with Gasteiger partial charge in [0.25, 0.3) is 5.91 Å². The van der Waals surface area contributed by atoms with E-state index >= 15 is 0 Å². The molecule has 2 unspecified atom stereocenters. The van der Waals surface area contributed by atoms with Gasteiger partial charge in [0, 0.05) is 24.5 Å². The number of pyridine rings is 1. The molecule has 2 heterocycles. The minimum atomic E-state index is -0.453. The number of carbonyl (C=O) groups is 1. The zero-order chi connectivity index (χ0) is 20.5. The standard InChI is InChI=1S/C23H23FN2O3/c1-14(15-4-3-5-18(10-15)29-2)16-8-9-26(13-16)23(28)20-12-22(27)25-21-11-17(24)6-7-19(20)21/h3-7,10-12,14,16H,8-9,13H2,1-2H3,(H,25,27). The predicted molar refractivity (Wildman–Crippen MR) is 110 cm³/mol. The van der Waals surface area contributed by atoms with E-state index in [-0.39, 0.29) is 11.8 Å². The molecule has 1 saturated heterocycles. The van der Waals surface area contributed by atoms with E-state index in [1.807, 2.05) is 18.2 Å². The number of rotatable bonds is 4. The molecule has 0 saturated carbocycles. The first-order valence-corrected chi connectivity index (χ1v) is 9.72. The van der Waals surface area contributed by atoms with Gasteiger partial charge in [-0.1, -0.05) is 19.1 Å². The Hall–Kier alpha value is -3.15. The molecule has 150 valence electrons. The molecule has 0 radical (unpaired) electrons. The third-order valence-corrected chi connectivity index (χ3v) is 5.87. The maximum absolute atomic E-state index is 13.5. The lowest BCUT2D eigenvalue weighted by atomic mass is 9.87. The van der Waals surface area contributed by atoms with Gasteiger partial charge in [0.2, 0.25) is 5.56 Å². The van der Waals surface area contributed by atoms with Gasteiger partial charge in [-0.05, 0) is 54.2 Å². The molecule has 3 aromatic rings. The molecule has 2 atom stereocenters. The Morgan fingerprint density at radius 2 is 2.07 bits per heavy atom. The third kappa shape index (κ3) is 3.75. The van der Waals surface area contributed by atoms with Gasteiger partial charge in [-0.2, -0.15) is 0 Å². The number of likely N-dealkylation sites (tertiary alicyclic amines) is 1. The number of nitrogens with zero attached hydrogens (tertiary/aromatic N) is 1. The van der Waals surface area contributed by atoms with Crippen LogP contribution in [0.5, 0.6) is 5.75 Å². The van der Waals surface area contributed by atoms with Crippen molar-refractivity contribution in [2.45, 2.75) is 19.3 Å². The van der Waals surface area contributed by atoms with E-state index in [1.54, 1.807) is 18.1 Å². The molecule has 0 aliphatic carbocycles. The number of hydrogen-bond donors (Lipinski definition) is 1. The maximum atomic E-state index is 13.5. The molecule has 2 aromatic carbocycles. The normalized spacial score (nSPS) is 17.5. The molecule has 29 heavy (non-hydrogen) atoms. The Balaban J connectivity index is 1.57. The second-order valence-corrected chi connectivity index (χ2v) is 7.60. The first-order chi connectivity index (χ1) is 14.0. The second kappa shape index (κ2) is 7.70. The highest BCUT2D eigenvalue weighted by Crippen LogP contribution is 2.34. The summed E-state index contributed by atoms with van der Waals surface area (Å²) in [5.41, 5.74) is 1.42. The molecular weight excluding hydrogens is 371 g/mol. The number of aromatic nitrogens is 1. The number of fused-ring (bicyclic) bond motifs is 1. The Bertz CT molecular complexity index is 1120. The summed E-state index contributed by atoms with van der Waals surface area (Å²) < 4.78 is 18.9. The number of amides is 1. The second-order valence-electron chi connectivity index (χ2n) is 7.60. The van der Waals surface area contributed by atoms with Gasteiger partial charge in [-0.15, -0.1) is 0 Å². The van der Waals surface area contributed by atoms with E-state index < -0.39 is 11.4 Å². The van der Waals surface area contributed by atoms with E-state index in [2.05, 4.69) is 18.0 Å². The van der Waals surface area contributed by atoms with E-state index in [0.29, 0.717) is 35.5 Å². The van der Waals surface area contributed by atoms with Gasteiger partial charge >= 0.3 is 0 Å². The van der Waals surface area contributed by atoms with Crippen LogP contribution in [0.4, 0.5) is 4.39 Å². The van der Waals surface area contributed by atoms with Crippen LogP contribution in [0, 0.1) is 11.7 Å². The first-order valence-electron chi connectivity index (χ1n) is 9.72. The molecule has 1 amide bonds. The lowest BCUT2D eigenvalue weighted by Gasteiger charge is -2.22. The molecule has 1 fully saturated rings. The van der Waals surface area contributed by atoms with Crippen molar-refractivity contribution in [2.75, 3.05) is 20.2 Å². The highest BCUT2D eigenvalue weighted by molar-refractivity contribution is 6.06. The molecule has 6 heteroatoms. The van der Waals surface area contributed by atoms with E-state index in [9.17, 15) is 14.0 Å². The monoisotopic (exact) mass is 394 g/mol. The Morgan fingerprint density at radius 1 is 1.24 bits per heavy atom. The maximum Gasteiger partial charge on any atom is 0.254 e. The summed E-state index contributed by atoms with van der Waals surface area (Å²) in [6.07, 6.45) is 0.889. The minimum absolute atomic E-state index is 0.187. The lowest BCUT2D eigenvalue weighted by molar-refractivity contribution is 0.0787. The number of methoxy groups -OCH3 is 1. The summed E-state index contributed by atoms with van der Waals surface area (Å²) in [7, 11) is 1.65. The summed E-state index contributed by atoms with van der Waals surface area (Å²) in [6, 6.07) is 13.4. The van der Waals surface area contributed by atoms with Gasteiger partial charge in [0.15, 0.2) is 0 Å². The zero-order valence-corrected chi connectivity index (χ0v) is 16.4. The van der Waals surface area contributed by atoms with Crippen molar-refractivity contribution in [3.8, 4) is 5.75 Å². The molecule has 0 spiro atoms. The summed E-state index contributed by atoms with van der Waals surface area (Å²) in [5.74, 6) is 0.770. The number of carbonyl (C=O) groups excluding carboxylic acids is 1. The Morgan fingerprint density at radius 3 is 2.86 bits per heavy atom. The van der Waals surface area contributed by atoms with E-state index in [4.69, 9.17) is 4.74 Å². The number of aromatic amines is 1. The number of halogens is 1. The smallest absolute Gasteiger partial charge is 0.254 e. The number of H-pyrrole nitrogens is 1. The molecule has 1 aliphatic rings. The van der Waals surface area contributed by atoms with Gasteiger partial charge in [0.1, 0.15) is 11.6 Å². The van der Waals surface area contributed by atoms with Crippen LogP contribution in [-0.4, -0.2) is 36.0 Å². The fourth-order valence-corrected chi connectivity index (χ4v) is 4.16. The van der Waals surface area contributed by atoms with Crippen molar-refractivity contribution in [1.29, 1.82) is 0 Å². The number of benzene rings is 2. The van der Waals surface area contributed by atoms with Gasteiger partial charge in [0.05, 0.1) is 18.2 Å². The lowest BCUT2D eigenvalue weighted by Crippen LogP contribution is -2.30. The fraction of sp³-hybridized carbons (Fsp3) is 0.304. The molecule has 1 aliphatic heterocycles. The molecule has 0 bridgehead atoms. The van der Waals surface area contributed by atoms with Crippen LogP contribution in [0.3, 0.4) is 0 Å².